The largest absolute Gasteiger partial charge is 0.337 e. The van der Waals surface area contributed by atoms with Gasteiger partial charge in [-0.25, -0.2) is 0 Å². The topological polar surface area (TPSA) is 32.3 Å². The Morgan fingerprint density at radius 2 is 1.94 bits per heavy atom. The Kier molecular flexibility index (Phi) is 4.22. The second kappa shape index (κ2) is 5.67. The molecule has 0 aromatic rings. The molecule has 2 rings (SSSR count). The Morgan fingerprint density at radius 3 is 2.44 bits per heavy atom. The molecule has 0 aromatic heterocycles. The fourth-order valence-electron chi connectivity index (χ4n) is 2.79. The first-order valence-corrected chi connectivity index (χ1v) is 6.84. The SMILES string of the molecule is CCCN(C(=O)C1CCCCC1)C1CNC1. The van der Waals surface area contributed by atoms with Gasteiger partial charge in [0.15, 0.2) is 0 Å². The van der Waals surface area contributed by atoms with Crippen molar-refractivity contribution in [2.24, 2.45) is 5.92 Å². The van der Waals surface area contributed by atoms with E-state index < -0.39 is 0 Å². The van der Waals surface area contributed by atoms with Gasteiger partial charge in [-0.2, -0.15) is 0 Å². The van der Waals surface area contributed by atoms with Gasteiger partial charge in [0.1, 0.15) is 0 Å². The molecule has 1 saturated heterocycles. The summed E-state index contributed by atoms with van der Waals surface area (Å²) in [5.41, 5.74) is 0. The molecule has 92 valence electrons. The highest BCUT2D eigenvalue weighted by Gasteiger charge is 2.32. The van der Waals surface area contributed by atoms with Crippen LogP contribution in [0.25, 0.3) is 0 Å². The van der Waals surface area contributed by atoms with Gasteiger partial charge in [-0.3, -0.25) is 4.79 Å². The number of hydrogen-bond acceptors (Lipinski definition) is 2. The van der Waals surface area contributed by atoms with Crippen molar-refractivity contribution >= 4 is 5.91 Å². The van der Waals surface area contributed by atoms with Gasteiger partial charge in [0.2, 0.25) is 5.91 Å². The summed E-state index contributed by atoms with van der Waals surface area (Å²) in [6, 6.07) is 0.481. The third kappa shape index (κ3) is 2.57. The number of amides is 1. The maximum absolute atomic E-state index is 12.4. The van der Waals surface area contributed by atoms with Crippen LogP contribution in [0, 0.1) is 5.92 Å². The van der Waals surface area contributed by atoms with Gasteiger partial charge >= 0.3 is 0 Å². The van der Waals surface area contributed by atoms with Crippen LogP contribution in [0.3, 0.4) is 0 Å². The van der Waals surface area contributed by atoms with Gasteiger partial charge in [-0.15, -0.1) is 0 Å². The fourth-order valence-corrected chi connectivity index (χ4v) is 2.79. The number of nitrogens with one attached hydrogen (secondary N) is 1. The van der Waals surface area contributed by atoms with Gasteiger partial charge in [0.25, 0.3) is 0 Å². The summed E-state index contributed by atoms with van der Waals surface area (Å²) >= 11 is 0. The zero-order valence-electron chi connectivity index (χ0n) is 10.4. The van der Waals surface area contributed by atoms with E-state index in [2.05, 4.69) is 17.1 Å². The summed E-state index contributed by atoms with van der Waals surface area (Å²) in [5, 5.41) is 3.26. The van der Waals surface area contributed by atoms with Gasteiger partial charge in [-0.1, -0.05) is 26.2 Å². The quantitative estimate of drug-likeness (QED) is 0.789. The molecule has 0 spiro atoms. The highest BCUT2D eigenvalue weighted by atomic mass is 16.2. The van der Waals surface area contributed by atoms with Crippen LogP contribution in [0.4, 0.5) is 0 Å². The fraction of sp³-hybridized carbons (Fsp3) is 0.923. The van der Waals surface area contributed by atoms with Crippen molar-refractivity contribution in [3.63, 3.8) is 0 Å². The standard InChI is InChI=1S/C13H24N2O/c1-2-8-15(12-9-14-10-12)13(16)11-6-4-3-5-7-11/h11-12,14H,2-10H2,1H3. The maximum Gasteiger partial charge on any atom is 0.226 e. The molecular weight excluding hydrogens is 200 g/mol. The third-order valence-electron chi connectivity index (χ3n) is 3.90. The lowest BCUT2D eigenvalue weighted by molar-refractivity contribution is -0.140. The lowest BCUT2D eigenvalue weighted by Crippen LogP contribution is -2.60. The molecular formula is C13H24N2O. The normalized spacial score (nSPS) is 22.8. The number of nitrogens with zero attached hydrogens (tertiary/aromatic N) is 1. The summed E-state index contributed by atoms with van der Waals surface area (Å²) < 4.78 is 0. The third-order valence-corrected chi connectivity index (χ3v) is 3.90. The van der Waals surface area contributed by atoms with E-state index in [1.165, 1.54) is 19.3 Å². The molecule has 0 atom stereocenters. The average Bonchev–Trinajstić information content (AvgIpc) is 2.26. The predicted molar refractivity (Wildman–Crippen MR) is 65.2 cm³/mol. The smallest absolute Gasteiger partial charge is 0.226 e. The van der Waals surface area contributed by atoms with Crippen LogP contribution in [0.1, 0.15) is 45.4 Å². The molecule has 3 heteroatoms. The van der Waals surface area contributed by atoms with Crippen LogP contribution in [0.2, 0.25) is 0 Å². The van der Waals surface area contributed by atoms with Crippen LogP contribution in [-0.4, -0.2) is 36.5 Å². The lowest BCUT2D eigenvalue weighted by atomic mass is 9.87. The molecule has 1 N–H and O–H groups in total. The monoisotopic (exact) mass is 224 g/mol. The highest BCUT2D eigenvalue weighted by Crippen LogP contribution is 2.26. The highest BCUT2D eigenvalue weighted by molar-refractivity contribution is 5.79. The summed E-state index contributed by atoms with van der Waals surface area (Å²) in [6.07, 6.45) is 7.15. The first-order chi connectivity index (χ1) is 7.83. The van der Waals surface area contributed by atoms with E-state index >= 15 is 0 Å². The summed E-state index contributed by atoms with van der Waals surface area (Å²) in [5.74, 6) is 0.772. The van der Waals surface area contributed by atoms with Crippen molar-refractivity contribution in [3.8, 4) is 0 Å². The van der Waals surface area contributed by atoms with Crippen LogP contribution in [0.15, 0.2) is 0 Å². The van der Waals surface area contributed by atoms with Crippen LogP contribution < -0.4 is 5.32 Å². The van der Waals surface area contributed by atoms with E-state index in [0.29, 0.717) is 17.9 Å². The molecule has 1 heterocycles. The minimum Gasteiger partial charge on any atom is -0.337 e. The van der Waals surface area contributed by atoms with Gasteiger partial charge < -0.3 is 10.2 Å². The molecule has 1 saturated carbocycles. The lowest BCUT2D eigenvalue weighted by Gasteiger charge is -2.40. The number of carbonyl (C=O) groups is 1. The number of hydrogen-bond donors (Lipinski definition) is 1. The maximum atomic E-state index is 12.4. The zero-order valence-corrected chi connectivity index (χ0v) is 10.4. The van der Waals surface area contributed by atoms with E-state index in [0.717, 1.165) is 38.9 Å². The van der Waals surface area contributed by atoms with E-state index in [1.807, 2.05) is 0 Å². The van der Waals surface area contributed by atoms with Crippen molar-refractivity contribution in [2.75, 3.05) is 19.6 Å². The molecule has 1 aliphatic heterocycles. The molecule has 0 bridgehead atoms. The average molecular weight is 224 g/mol. The Balaban J connectivity index is 1.92. The molecule has 1 aliphatic carbocycles. The van der Waals surface area contributed by atoms with Crippen molar-refractivity contribution < 1.29 is 4.79 Å². The molecule has 2 aliphatic rings. The van der Waals surface area contributed by atoms with E-state index in [1.54, 1.807) is 0 Å². The number of rotatable bonds is 4. The Morgan fingerprint density at radius 1 is 1.25 bits per heavy atom. The molecule has 2 fully saturated rings. The predicted octanol–water partition coefficient (Wildman–Crippen LogP) is 1.78. The summed E-state index contributed by atoms with van der Waals surface area (Å²) in [6.45, 7) is 5.10. The first-order valence-electron chi connectivity index (χ1n) is 6.84. The van der Waals surface area contributed by atoms with Gasteiger partial charge in [0, 0.05) is 25.6 Å². The van der Waals surface area contributed by atoms with E-state index in [-0.39, 0.29) is 0 Å². The van der Waals surface area contributed by atoms with Gasteiger partial charge in [0.05, 0.1) is 6.04 Å². The van der Waals surface area contributed by atoms with E-state index in [4.69, 9.17) is 0 Å². The second-order valence-electron chi connectivity index (χ2n) is 5.18. The molecule has 0 aromatic carbocycles. The minimum atomic E-state index is 0.334. The molecule has 3 nitrogen and oxygen atoms in total. The Bertz CT molecular complexity index is 232. The Hall–Kier alpha value is -0.570. The van der Waals surface area contributed by atoms with Crippen molar-refractivity contribution in [3.05, 3.63) is 0 Å². The van der Waals surface area contributed by atoms with Crippen molar-refractivity contribution in [1.29, 1.82) is 0 Å². The van der Waals surface area contributed by atoms with Crippen LogP contribution in [0.5, 0.6) is 0 Å². The summed E-state index contributed by atoms with van der Waals surface area (Å²) in [4.78, 5) is 14.6. The molecule has 16 heavy (non-hydrogen) atoms. The van der Waals surface area contributed by atoms with Crippen molar-refractivity contribution in [2.45, 2.75) is 51.5 Å². The zero-order chi connectivity index (χ0) is 11.4. The molecule has 0 unspecified atom stereocenters. The van der Waals surface area contributed by atoms with Crippen LogP contribution in [-0.2, 0) is 4.79 Å². The summed E-state index contributed by atoms with van der Waals surface area (Å²) in [7, 11) is 0. The molecule has 0 radical (unpaired) electrons. The van der Waals surface area contributed by atoms with E-state index in [9.17, 15) is 4.79 Å². The van der Waals surface area contributed by atoms with Crippen LogP contribution >= 0.6 is 0 Å². The van der Waals surface area contributed by atoms with Gasteiger partial charge in [-0.05, 0) is 19.3 Å². The van der Waals surface area contributed by atoms with Crippen molar-refractivity contribution in [1.82, 2.24) is 10.2 Å². The second-order valence-corrected chi connectivity index (χ2v) is 5.18. The molecule has 1 amide bonds. The minimum absolute atomic E-state index is 0.334. The Labute approximate surface area is 98.6 Å². The first kappa shape index (κ1) is 11.9. The number of carbonyl (C=O) groups excluding carboxylic acids is 1.